The van der Waals surface area contributed by atoms with E-state index in [0.29, 0.717) is 6.61 Å². The van der Waals surface area contributed by atoms with Crippen molar-refractivity contribution in [3.8, 4) is 0 Å². The summed E-state index contributed by atoms with van der Waals surface area (Å²) in [6.07, 6.45) is 2.21. The summed E-state index contributed by atoms with van der Waals surface area (Å²) in [6.45, 7) is 2.49. The molecule has 0 aliphatic carbocycles. The van der Waals surface area contributed by atoms with E-state index in [2.05, 4.69) is 4.90 Å². The number of rotatable bonds is 5. The molecule has 0 spiro atoms. The third-order valence-electron chi connectivity index (χ3n) is 2.48. The molecule has 1 heterocycles. The molecule has 0 bridgehead atoms. The molecular weight excluding hydrogens is 170 g/mol. The van der Waals surface area contributed by atoms with Crippen LogP contribution in [0.5, 0.6) is 0 Å². The number of likely N-dealkylation sites (tertiary alicyclic amines) is 1. The number of carbonyl (C=O) groups is 1. The van der Waals surface area contributed by atoms with Crippen LogP contribution in [0.1, 0.15) is 19.3 Å². The van der Waals surface area contributed by atoms with Gasteiger partial charge in [-0.1, -0.05) is 0 Å². The Morgan fingerprint density at radius 1 is 1.69 bits per heavy atom. The van der Waals surface area contributed by atoms with Crippen LogP contribution in [-0.2, 0) is 9.53 Å². The first-order valence-corrected chi connectivity index (χ1v) is 4.67. The molecule has 13 heavy (non-hydrogen) atoms. The highest BCUT2D eigenvalue weighted by Crippen LogP contribution is 2.18. The van der Waals surface area contributed by atoms with E-state index >= 15 is 0 Å². The van der Waals surface area contributed by atoms with E-state index in [9.17, 15) is 9.90 Å². The number of hydrogen-bond acceptors (Lipinski definition) is 4. The fraction of sp³-hybridized carbons (Fsp3) is 0.889. The first-order chi connectivity index (χ1) is 6.24. The predicted octanol–water partition coefficient (Wildman–Crippen LogP) is -0.763. The lowest BCUT2D eigenvalue weighted by Crippen LogP contribution is -2.37. The van der Waals surface area contributed by atoms with Gasteiger partial charge in [0, 0.05) is 32.1 Å². The minimum Gasteiger partial charge on any atom is -0.550 e. The fourth-order valence-electron chi connectivity index (χ4n) is 1.82. The third kappa shape index (κ3) is 3.32. The van der Waals surface area contributed by atoms with Gasteiger partial charge in [0.2, 0.25) is 0 Å². The Morgan fingerprint density at radius 3 is 3.08 bits per heavy atom. The summed E-state index contributed by atoms with van der Waals surface area (Å²) in [7, 11) is 1.66. The van der Waals surface area contributed by atoms with Gasteiger partial charge in [-0.3, -0.25) is 4.90 Å². The van der Waals surface area contributed by atoms with Crippen LogP contribution in [0.3, 0.4) is 0 Å². The number of carbonyl (C=O) groups excluding carboxylic acids is 1. The van der Waals surface area contributed by atoms with E-state index in [1.54, 1.807) is 7.11 Å². The second-order valence-electron chi connectivity index (χ2n) is 3.40. The lowest BCUT2D eigenvalue weighted by atomic mass is 10.1. The largest absolute Gasteiger partial charge is 0.550 e. The molecule has 1 aliphatic heterocycles. The van der Waals surface area contributed by atoms with Crippen LogP contribution in [0.15, 0.2) is 0 Å². The second-order valence-corrected chi connectivity index (χ2v) is 3.40. The molecule has 0 N–H and O–H groups in total. The van der Waals surface area contributed by atoms with Crippen molar-refractivity contribution >= 4 is 5.97 Å². The summed E-state index contributed by atoms with van der Waals surface area (Å²) < 4.78 is 4.95. The maximum Gasteiger partial charge on any atom is 0.0589 e. The molecule has 1 rings (SSSR count). The fourth-order valence-corrected chi connectivity index (χ4v) is 1.82. The standard InChI is InChI=1S/C9H17NO3/c1-13-6-5-10-4-2-3-8(10)7-9(11)12/h8H,2-7H2,1H3,(H,11,12)/p-1. The summed E-state index contributed by atoms with van der Waals surface area (Å²) in [4.78, 5) is 12.6. The molecule has 0 aromatic carbocycles. The van der Waals surface area contributed by atoms with Crippen LogP contribution in [0.25, 0.3) is 0 Å². The summed E-state index contributed by atoms with van der Waals surface area (Å²) in [5.41, 5.74) is 0. The minimum atomic E-state index is -0.950. The van der Waals surface area contributed by atoms with E-state index in [1.807, 2.05) is 0 Å². The zero-order valence-corrected chi connectivity index (χ0v) is 7.99. The number of hydrogen-bond donors (Lipinski definition) is 0. The zero-order valence-electron chi connectivity index (χ0n) is 7.99. The first-order valence-electron chi connectivity index (χ1n) is 4.67. The Morgan fingerprint density at radius 2 is 2.46 bits per heavy atom. The Hall–Kier alpha value is -0.610. The number of carboxylic acids is 1. The number of carboxylic acid groups (broad SMARTS) is 1. The van der Waals surface area contributed by atoms with Crippen LogP contribution in [-0.4, -0.2) is 43.7 Å². The average Bonchev–Trinajstić information content (AvgIpc) is 2.48. The first kappa shape index (κ1) is 10.5. The maximum absolute atomic E-state index is 10.4. The highest BCUT2D eigenvalue weighted by Gasteiger charge is 2.23. The molecule has 0 radical (unpaired) electrons. The van der Waals surface area contributed by atoms with Gasteiger partial charge in [-0.05, 0) is 19.4 Å². The van der Waals surface area contributed by atoms with Crippen molar-refractivity contribution in [1.82, 2.24) is 4.90 Å². The van der Waals surface area contributed by atoms with Gasteiger partial charge in [-0.2, -0.15) is 0 Å². The van der Waals surface area contributed by atoms with Gasteiger partial charge in [0.15, 0.2) is 0 Å². The van der Waals surface area contributed by atoms with Crippen molar-refractivity contribution in [2.24, 2.45) is 0 Å². The highest BCUT2D eigenvalue weighted by molar-refractivity contribution is 5.65. The molecule has 1 unspecified atom stereocenters. The number of nitrogens with zero attached hydrogens (tertiary/aromatic N) is 1. The molecule has 4 heteroatoms. The Kier molecular flexibility index (Phi) is 4.18. The van der Waals surface area contributed by atoms with E-state index in [4.69, 9.17) is 4.74 Å². The summed E-state index contributed by atoms with van der Waals surface area (Å²) in [5.74, 6) is -0.950. The average molecular weight is 186 g/mol. The number of aliphatic carboxylic acids is 1. The van der Waals surface area contributed by atoms with Crippen LogP contribution in [0.4, 0.5) is 0 Å². The van der Waals surface area contributed by atoms with Crippen LogP contribution in [0.2, 0.25) is 0 Å². The van der Waals surface area contributed by atoms with Gasteiger partial charge in [-0.25, -0.2) is 0 Å². The van der Waals surface area contributed by atoms with Gasteiger partial charge in [0.05, 0.1) is 6.61 Å². The molecule has 1 fully saturated rings. The summed E-state index contributed by atoms with van der Waals surface area (Å²) in [6, 6.07) is 0.167. The number of ether oxygens (including phenoxy) is 1. The summed E-state index contributed by atoms with van der Waals surface area (Å²) >= 11 is 0. The monoisotopic (exact) mass is 186 g/mol. The van der Waals surface area contributed by atoms with E-state index in [-0.39, 0.29) is 12.5 Å². The van der Waals surface area contributed by atoms with Crippen molar-refractivity contribution < 1.29 is 14.6 Å². The molecular formula is C9H16NO3-. The van der Waals surface area contributed by atoms with Crippen LogP contribution in [0, 0.1) is 0 Å². The van der Waals surface area contributed by atoms with Gasteiger partial charge < -0.3 is 14.6 Å². The van der Waals surface area contributed by atoms with E-state index < -0.39 is 5.97 Å². The topological polar surface area (TPSA) is 52.6 Å². The molecule has 0 amide bonds. The second kappa shape index (κ2) is 5.19. The SMILES string of the molecule is COCCN1CCCC1CC(=O)[O-]. The lowest BCUT2D eigenvalue weighted by Gasteiger charge is -2.24. The highest BCUT2D eigenvalue weighted by atomic mass is 16.5. The molecule has 0 saturated carbocycles. The van der Waals surface area contributed by atoms with Crippen molar-refractivity contribution in [2.75, 3.05) is 26.8 Å². The smallest absolute Gasteiger partial charge is 0.0589 e. The van der Waals surface area contributed by atoms with Gasteiger partial charge >= 0.3 is 0 Å². The molecule has 76 valence electrons. The molecule has 4 nitrogen and oxygen atoms in total. The summed E-state index contributed by atoms with van der Waals surface area (Å²) in [5, 5.41) is 10.4. The quantitative estimate of drug-likeness (QED) is 0.566. The van der Waals surface area contributed by atoms with Crippen molar-refractivity contribution in [2.45, 2.75) is 25.3 Å². The Labute approximate surface area is 78.5 Å². The van der Waals surface area contributed by atoms with Crippen LogP contribution >= 0.6 is 0 Å². The van der Waals surface area contributed by atoms with E-state index in [0.717, 1.165) is 25.9 Å². The Bertz CT molecular complexity index is 172. The Balaban J connectivity index is 2.30. The van der Waals surface area contributed by atoms with Crippen molar-refractivity contribution in [3.05, 3.63) is 0 Å². The lowest BCUT2D eigenvalue weighted by molar-refractivity contribution is -0.306. The molecule has 0 aromatic heterocycles. The molecule has 1 saturated heterocycles. The van der Waals surface area contributed by atoms with Gasteiger partial charge in [0.25, 0.3) is 0 Å². The minimum absolute atomic E-state index is 0.156. The molecule has 1 aliphatic rings. The third-order valence-corrected chi connectivity index (χ3v) is 2.48. The van der Waals surface area contributed by atoms with E-state index in [1.165, 1.54) is 0 Å². The van der Waals surface area contributed by atoms with Gasteiger partial charge in [-0.15, -0.1) is 0 Å². The maximum atomic E-state index is 10.4. The molecule has 1 atom stereocenters. The molecule has 0 aromatic rings. The predicted molar refractivity (Wildman–Crippen MR) is 46.1 cm³/mol. The van der Waals surface area contributed by atoms with Crippen molar-refractivity contribution in [3.63, 3.8) is 0 Å². The van der Waals surface area contributed by atoms with Crippen molar-refractivity contribution in [1.29, 1.82) is 0 Å². The zero-order chi connectivity index (χ0) is 9.68. The number of methoxy groups -OCH3 is 1. The van der Waals surface area contributed by atoms with Crippen LogP contribution < -0.4 is 5.11 Å². The normalized spacial score (nSPS) is 23.6. The van der Waals surface area contributed by atoms with Gasteiger partial charge in [0.1, 0.15) is 0 Å².